The van der Waals surface area contributed by atoms with Crippen LogP contribution < -0.4 is 5.32 Å². The topological polar surface area (TPSA) is 45.2 Å². The Bertz CT molecular complexity index is 641. The Hall–Kier alpha value is -1.72. The number of carbonyl (C=O) groups is 1. The standard InChI is InChI=1S/C18H23N3OS/c1-13-10-17(23-14(13)2)18(22)20-16-5-8-21(9-6-16)12-15-4-3-7-19-11-15/h3-4,7,10-11,16H,5-6,8-9,12H2,1-2H3,(H,20,22). The third-order valence-electron chi connectivity index (χ3n) is 4.44. The highest BCUT2D eigenvalue weighted by Crippen LogP contribution is 2.21. The van der Waals surface area contributed by atoms with Crippen molar-refractivity contribution in [3.63, 3.8) is 0 Å². The predicted molar refractivity (Wildman–Crippen MR) is 93.8 cm³/mol. The molecule has 0 spiro atoms. The van der Waals surface area contributed by atoms with Gasteiger partial charge in [0.2, 0.25) is 0 Å². The molecule has 0 radical (unpaired) electrons. The van der Waals surface area contributed by atoms with Crippen molar-refractivity contribution in [3.8, 4) is 0 Å². The van der Waals surface area contributed by atoms with Crippen LogP contribution in [0, 0.1) is 13.8 Å². The number of aryl methyl sites for hydroxylation is 2. The first kappa shape index (κ1) is 16.1. The van der Waals surface area contributed by atoms with Crippen molar-refractivity contribution in [2.75, 3.05) is 13.1 Å². The van der Waals surface area contributed by atoms with E-state index in [1.807, 2.05) is 18.3 Å². The van der Waals surface area contributed by atoms with E-state index in [1.54, 1.807) is 17.5 Å². The molecule has 3 heterocycles. The maximum Gasteiger partial charge on any atom is 0.261 e. The van der Waals surface area contributed by atoms with E-state index in [4.69, 9.17) is 0 Å². The summed E-state index contributed by atoms with van der Waals surface area (Å²) in [6.07, 6.45) is 5.75. The van der Waals surface area contributed by atoms with E-state index in [9.17, 15) is 4.79 Å². The summed E-state index contributed by atoms with van der Waals surface area (Å²) in [5, 5.41) is 3.19. The zero-order chi connectivity index (χ0) is 16.2. The lowest BCUT2D eigenvalue weighted by Crippen LogP contribution is -2.44. The van der Waals surface area contributed by atoms with E-state index >= 15 is 0 Å². The van der Waals surface area contributed by atoms with Crippen molar-refractivity contribution in [3.05, 3.63) is 51.5 Å². The Kier molecular flexibility index (Phi) is 5.08. The van der Waals surface area contributed by atoms with E-state index in [-0.39, 0.29) is 11.9 Å². The van der Waals surface area contributed by atoms with Gasteiger partial charge in [-0.1, -0.05) is 6.07 Å². The Morgan fingerprint density at radius 3 is 2.78 bits per heavy atom. The zero-order valence-electron chi connectivity index (χ0n) is 13.7. The van der Waals surface area contributed by atoms with Crippen molar-refractivity contribution in [2.24, 2.45) is 0 Å². The largest absolute Gasteiger partial charge is 0.349 e. The molecule has 0 bridgehead atoms. The lowest BCUT2D eigenvalue weighted by Gasteiger charge is -2.32. The van der Waals surface area contributed by atoms with Crippen LogP contribution in [-0.2, 0) is 6.54 Å². The summed E-state index contributed by atoms with van der Waals surface area (Å²) in [6, 6.07) is 6.37. The van der Waals surface area contributed by atoms with Crippen molar-refractivity contribution in [2.45, 2.75) is 39.3 Å². The maximum atomic E-state index is 12.3. The number of rotatable bonds is 4. The molecule has 1 aliphatic heterocycles. The molecule has 23 heavy (non-hydrogen) atoms. The van der Waals surface area contributed by atoms with Gasteiger partial charge >= 0.3 is 0 Å². The molecule has 2 aromatic rings. The highest BCUT2D eigenvalue weighted by Gasteiger charge is 2.22. The number of thiophene rings is 1. The molecule has 1 N–H and O–H groups in total. The Morgan fingerprint density at radius 2 is 2.17 bits per heavy atom. The van der Waals surface area contributed by atoms with Crippen LogP contribution in [0.25, 0.3) is 0 Å². The minimum absolute atomic E-state index is 0.0805. The Balaban J connectivity index is 1.48. The van der Waals surface area contributed by atoms with Crippen molar-refractivity contribution in [1.82, 2.24) is 15.2 Å². The van der Waals surface area contributed by atoms with E-state index in [2.05, 4.69) is 35.1 Å². The molecule has 1 fully saturated rings. The quantitative estimate of drug-likeness (QED) is 0.937. The summed E-state index contributed by atoms with van der Waals surface area (Å²) < 4.78 is 0. The van der Waals surface area contributed by atoms with Gasteiger partial charge in [0.05, 0.1) is 4.88 Å². The SMILES string of the molecule is Cc1cc(C(=O)NC2CCN(Cc3cccnc3)CC2)sc1C. The van der Waals surface area contributed by atoms with Crippen LogP contribution in [0.3, 0.4) is 0 Å². The number of carbonyl (C=O) groups excluding carboxylic acids is 1. The van der Waals surface area contributed by atoms with Crippen molar-refractivity contribution >= 4 is 17.2 Å². The van der Waals surface area contributed by atoms with Crippen LogP contribution in [0.2, 0.25) is 0 Å². The number of nitrogens with one attached hydrogen (secondary N) is 1. The van der Waals surface area contributed by atoms with Gasteiger partial charge in [0.1, 0.15) is 0 Å². The highest BCUT2D eigenvalue weighted by atomic mass is 32.1. The van der Waals surface area contributed by atoms with E-state index in [0.717, 1.165) is 37.4 Å². The zero-order valence-corrected chi connectivity index (χ0v) is 14.5. The van der Waals surface area contributed by atoms with Gasteiger partial charge in [0.25, 0.3) is 5.91 Å². The average Bonchev–Trinajstić information content (AvgIpc) is 2.90. The van der Waals surface area contributed by atoms with Crippen molar-refractivity contribution in [1.29, 1.82) is 0 Å². The summed E-state index contributed by atoms with van der Waals surface area (Å²) in [7, 11) is 0. The molecule has 0 aromatic carbocycles. The monoisotopic (exact) mass is 329 g/mol. The van der Waals surface area contributed by atoms with Crippen LogP contribution in [-0.4, -0.2) is 34.9 Å². The van der Waals surface area contributed by atoms with Gasteiger partial charge in [0, 0.05) is 42.9 Å². The number of amides is 1. The molecule has 0 aliphatic carbocycles. The molecule has 2 aromatic heterocycles. The number of hydrogen-bond donors (Lipinski definition) is 1. The minimum atomic E-state index is 0.0805. The summed E-state index contributed by atoms with van der Waals surface area (Å²) in [4.78, 5) is 21.0. The summed E-state index contributed by atoms with van der Waals surface area (Å²) in [5.41, 5.74) is 2.45. The molecule has 122 valence electrons. The third-order valence-corrected chi connectivity index (χ3v) is 5.59. The van der Waals surface area contributed by atoms with Gasteiger partial charge in [-0.2, -0.15) is 0 Å². The number of nitrogens with zero attached hydrogens (tertiary/aromatic N) is 2. The average molecular weight is 329 g/mol. The number of pyridine rings is 1. The molecule has 5 heteroatoms. The van der Waals surface area contributed by atoms with Crippen LogP contribution in [0.4, 0.5) is 0 Å². The summed E-state index contributed by atoms with van der Waals surface area (Å²) in [5.74, 6) is 0.0805. The molecule has 1 saturated heterocycles. The van der Waals surface area contributed by atoms with E-state index < -0.39 is 0 Å². The molecule has 4 nitrogen and oxygen atoms in total. The van der Waals surface area contributed by atoms with Crippen LogP contribution in [0.1, 0.15) is 38.5 Å². The molecule has 3 rings (SSSR count). The lowest BCUT2D eigenvalue weighted by atomic mass is 10.0. The Morgan fingerprint density at radius 1 is 1.39 bits per heavy atom. The summed E-state index contributed by atoms with van der Waals surface area (Å²) in [6.45, 7) is 7.09. The first-order chi connectivity index (χ1) is 11.1. The maximum absolute atomic E-state index is 12.3. The van der Waals surface area contributed by atoms with E-state index in [1.165, 1.54) is 16.0 Å². The van der Waals surface area contributed by atoms with Gasteiger partial charge in [-0.15, -0.1) is 11.3 Å². The third kappa shape index (κ3) is 4.18. The fraction of sp³-hybridized carbons (Fsp3) is 0.444. The minimum Gasteiger partial charge on any atom is -0.349 e. The van der Waals surface area contributed by atoms with Gasteiger partial charge < -0.3 is 5.32 Å². The lowest BCUT2D eigenvalue weighted by molar-refractivity contribution is 0.0913. The second kappa shape index (κ2) is 7.23. The van der Waals surface area contributed by atoms with Crippen LogP contribution >= 0.6 is 11.3 Å². The number of aromatic nitrogens is 1. The molecule has 1 aliphatic rings. The first-order valence-electron chi connectivity index (χ1n) is 8.11. The molecule has 1 amide bonds. The van der Waals surface area contributed by atoms with Gasteiger partial charge in [-0.25, -0.2) is 0 Å². The van der Waals surface area contributed by atoms with Crippen LogP contribution in [0.15, 0.2) is 30.6 Å². The second-order valence-electron chi connectivity index (χ2n) is 6.24. The van der Waals surface area contributed by atoms with Gasteiger partial charge in [-0.05, 0) is 49.9 Å². The molecule has 0 unspecified atom stereocenters. The Labute approximate surface area is 141 Å². The fourth-order valence-corrected chi connectivity index (χ4v) is 3.86. The predicted octanol–water partition coefficient (Wildman–Crippen LogP) is 3.15. The van der Waals surface area contributed by atoms with E-state index in [0.29, 0.717) is 0 Å². The van der Waals surface area contributed by atoms with Gasteiger partial charge in [-0.3, -0.25) is 14.7 Å². The summed E-state index contributed by atoms with van der Waals surface area (Å²) >= 11 is 1.58. The number of likely N-dealkylation sites (tertiary alicyclic amines) is 1. The molecular formula is C18H23N3OS. The smallest absolute Gasteiger partial charge is 0.261 e. The first-order valence-corrected chi connectivity index (χ1v) is 8.92. The highest BCUT2D eigenvalue weighted by molar-refractivity contribution is 7.14. The number of hydrogen-bond acceptors (Lipinski definition) is 4. The molecule has 0 saturated carbocycles. The number of piperidine rings is 1. The fourth-order valence-electron chi connectivity index (χ4n) is 2.93. The normalized spacial score (nSPS) is 16.4. The second-order valence-corrected chi connectivity index (χ2v) is 7.49. The van der Waals surface area contributed by atoms with Crippen molar-refractivity contribution < 1.29 is 4.79 Å². The molecule has 0 atom stereocenters. The molecular weight excluding hydrogens is 306 g/mol. The van der Waals surface area contributed by atoms with Crippen LogP contribution in [0.5, 0.6) is 0 Å². The van der Waals surface area contributed by atoms with Gasteiger partial charge in [0.15, 0.2) is 0 Å².